The molecule has 1 N–H and O–H groups in total. The summed E-state index contributed by atoms with van der Waals surface area (Å²) in [6.07, 6.45) is 0. The number of anilines is 1. The van der Waals surface area contributed by atoms with Crippen molar-refractivity contribution in [3.05, 3.63) is 23.2 Å². The Morgan fingerprint density at radius 1 is 1.29 bits per heavy atom. The predicted octanol–water partition coefficient (Wildman–Crippen LogP) is 2.88. The molecule has 0 aliphatic rings. The van der Waals surface area contributed by atoms with E-state index in [1.807, 2.05) is 13.8 Å². The van der Waals surface area contributed by atoms with Gasteiger partial charge in [-0.2, -0.15) is 4.37 Å². The molecule has 0 unspecified atom stereocenters. The van der Waals surface area contributed by atoms with Gasteiger partial charge in [-0.05, 0) is 13.8 Å². The zero-order chi connectivity index (χ0) is 12.4. The molecule has 2 rings (SSSR count). The Hall–Kier alpha value is -1.43. The minimum absolute atomic E-state index is 0.311. The quantitative estimate of drug-likeness (QED) is 0.906. The van der Waals surface area contributed by atoms with E-state index in [9.17, 15) is 0 Å². The molecule has 0 aliphatic heterocycles. The molecule has 0 radical (unpaired) electrons. The molecule has 0 amide bonds. The van der Waals surface area contributed by atoms with E-state index in [1.54, 1.807) is 0 Å². The van der Waals surface area contributed by atoms with Crippen LogP contribution in [-0.2, 0) is 6.54 Å². The molecular weight excluding hydrogens is 236 g/mol. The molecular formula is C11H16N4OS. The Bertz CT molecular complexity index is 503. The van der Waals surface area contributed by atoms with Crippen LogP contribution in [0.1, 0.15) is 42.9 Å². The zero-order valence-corrected chi connectivity index (χ0v) is 11.3. The van der Waals surface area contributed by atoms with Gasteiger partial charge in [-0.25, -0.2) is 9.97 Å². The topological polar surface area (TPSA) is 63.8 Å². The van der Waals surface area contributed by atoms with Crippen LogP contribution in [0.3, 0.4) is 0 Å². The predicted molar refractivity (Wildman–Crippen MR) is 67.3 cm³/mol. The van der Waals surface area contributed by atoms with E-state index >= 15 is 0 Å². The lowest BCUT2D eigenvalue weighted by molar-refractivity contribution is 0.440. The largest absolute Gasteiger partial charge is 0.443 e. The van der Waals surface area contributed by atoms with E-state index in [0.717, 1.165) is 28.3 Å². The van der Waals surface area contributed by atoms with Crippen LogP contribution in [0.4, 0.5) is 5.13 Å². The van der Waals surface area contributed by atoms with Crippen molar-refractivity contribution in [2.75, 3.05) is 5.32 Å². The van der Waals surface area contributed by atoms with Crippen molar-refractivity contribution >= 4 is 16.7 Å². The second-order valence-electron chi connectivity index (χ2n) is 4.22. The van der Waals surface area contributed by atoms with Crippen LogP contribution >= 0.6 is 11.5 Å². The van der Waals surface area contributed by atoms with Crippen LogP contribution < -0.4 is 5.32 Å². The number of nitrogens with zero attached hydrogens (tertiary/aromatic N) is 3. The average molecular weight is 252 g/mol. The molecule has 0 saturated carbocycles. The number of aromatic nitrogens is 3. The maximum absolute atomic E-state index is 5.69. The first-order valence-electron chi connectivity index (χ1n) is 5.56. The summed E-state index contributed by atoms with van der Waals surface area (Å²) in [4.78, 5) is 8.62. The van der Waals surface area contributed by atoms with Gasteiger partial charge in [0, 0.05) is 17.5 Å². The lowest BCUT2D eigenvalue weighted by Crippen LogP contribution is -1.99. The molecule has 0 bridgehead atoms. The number of hydrogen-bond acceptors (Lipinski definition) is 6. The van der Waals surface area contributed by atoms with Crippen molar-refractivity contribution in [3.8, 4) is 0 Å². The van der Waals surface area contributed by atoms with Gasteiger partial charge in [0.25, 0.3) is 0 Å². The molecule has 5 nitrogen and oxygen atoms in total. The third kappa shape index (κ3) is 2.82. The molecule has 0 saturated heterocycles. The Morgan fingerprint density at radius 2 is 2.06 bits per heavy atom. The van der Waals surface area contributed by atoms with Gasteiger partial charge in [0.15, 0.2) is 5.89 Å². The Kier molecular flexibility index (Phi) is 3.42. The first kappa shape index (κ1) is 12.0. The molecule has 2 heterocycles. The second kappa shape index (κ2) is 4.83. The normalized spacial score (nSPS) is 11.1. The molecule has 0 spiro atoms. The maximum Gasteiger partial charge on any atom is 0.202 e. The minimum Gasteiger partial charge on any atom is -0.443 e. The third-order valence-electron chi connectivity index (χ3n) is 2.33. The third-order valence-corrected chi connectivity index (χ3v) is 3.09. The van der Waals surface area contributed by atoms with Gasteiger partial charge < -0.3 is 9.73 Å². The highest BCUT2D eigenvalue weighted by atomic mass is 32.1. The van der Waals surface area contributed by atoms with Gasteiger partial charge in [0.05, 0.1) is 12.2 Å². The van der Waals surface area contributed by atoms with Crippen LogP contribution in [0, 0.1) is 13.8 Å². The zero-order valence-electron chi connectivity index (χ0n) is 10.4. The van der Waals surface area contributed by atoms with Gasteiger partial charge in [-0.15, -0.1) is 0 Å². The highest BCUT2D eigenvalue weighted by Gasteiger charge is 2.12. The number of aryl methyl sites for hydroxylation is 2. The van der Waals surface area contributed by atoms with E-state index < -0.39 is 0 Å². The number of oxazole rings is 1. The fraction of sp³-hybridized carbons (Fsp3) is 0.545. The highest BCUT2D eigenvalue weighted by Crippen LogP contribution is 2.19. The van der Waals surface area contributed by atoms with Crippen molar-refractivity contribution in [3.63, 3.8) is 0 Å². The summed E-state index contributed by atoms with van der Waals surface area (Å²) in [6.45, 7) is 8.56. The smallest absolute Gasteiger partial charge is 0.202 e. The van der Waals surface area contributed by atoms with Crippen molar-refractivity contribution in [2.24, 2.45) is 0 Å². The van der Waals surface area contributed by atoms with Crippen LogP contribution in [0.25, 0.3) is 0 Å². The molecule has 17 heavy (non-hydrogen) atoms. The summed E-state index contributed by atoms with van der Waals surface area (Å²) < 4.78 is 9.79. The molecule has 2 aromatic rings. The van der Waals surface area contributed by atoms with E-state index in [1.165, 1.54) is 11.5 Å². The van der Waals surface area contributed by atoms with Crippen molar-refractivity contribution in [1.82, 2.24) is 14.3 Å². The van der Waals surface area contributed by atoms with E-state index in [2.05, 4.69) is 33.5 Å². The number of hydrogen-bond donors (Lipinski definition) is 1. The number of nitrogens with one attached hydrogen (secondary N) is 1. The van der Waals surface area contributed by atoms with Crippen molar-refractivity contribution < 1.29 is 4.42 Å². The van der Waals surface area contributed by atoms with Crippen molar-refractivity contribution in [1.29, 1.82) is 0 Å². The standard InChI is InChI=1S/C11H16N4OS/c1-6(2)10-13-7(3)9(16-10)5-12-11-14-8(4)15-17-11/h6H,5H2,1-4H3,(H,12,14,15). The van der Waals surface area contributed by atoms with Crippen LogP contribution in [0.5, 0.6) is 0 Å². The SMILES string of the molecule is Cc1nsc(NCc2oc(C(C)C)nc2C)n1. The first-order valence-corrected chi connectivity index (χ1v) is 6.34. The van der Waals surface area contributed by atoms with Gasteiger partial charge in [0.2, 0.25) is 5.13 Å². The van der Waals surface area contributed by atoms with E-state index in [4.69, 9.17) is 4.42 Å². The monoisotopic (exact) mass is 252 g/mol. The summed E-state index contributed by atoms with van der Waals surface area (Å²) >= 11 is 1.35. The van der Waals surface area contributed by atoms with E-state index in [0.29, 0.717) is 12.5 Å². The lowest BCUT2D eigenvalue weighted by atomic mass is 10.2. The summed E-state index contributed by atoms with van der Waals surface area (Å²) in [5.41, 5.74) is 0.933. The molecule has 2 aromatic heterocycles. The van der Waals surface area contributed by atoms with Gasteiger partial charge in [-0.1, -0.05) is 13.8 Å². The summed E-state index contributed by atoms with van der Waals surface area (Å²) in [6, 6.07) is 0. The fourth-order valence-corrected chi connectivity index (χ4v) is 1.96. The van der Waals surface area contributed by atoms with Crippen LogP contribution in [0.2, 0.25) is 0 Å². The van der Waals surface area contributed by atoms with Crippen molar-refractivity contribution in [2.45, 2.75) is 40.2 Å². The van der Waals surface area contributed by atoms with E-state index in [-0.39, 0.29) is 0 Å². The Labute approximate surface area is 104 Å². The van der Waals surface area contributed by atoms with Gasteiger partial charge in [-0.3, -0.25) is 0 Å². The number of rotatable bonds is 4. The molecule has 92 valence electrons. The van der Waals surface area contributed by atoms with Crippen LogP contribution in [-0.4, -0.2) is 14.3 Å². The molecule has 0 aromatic carbocycles. The summed E-state index contributed by atoms with van der Waals surface area (Å²) in [7, 11) is 0. The first-order chi connectivity index (χ1) is 8.06. The molecule has 0 fully saturated rings. The van der Waals surface area contributed by atoms with Gasteiger partial charge >= 0.3 is 0 Å². The van der Waals surface area contributed by atoms with Gasteiger partial charge in [0.1, 0.15) is 11.6 Å². The second-order valence-corrected chi connectivity index (χ2v) is 4.97. The summed E-state index contributed by atoms with van der Waals surface area (Å²) in [5.74, 6) is 2.75. The molecule has 0 aliphatic carbocycles. The average Bonchev–Trinajstić information content (AvgIpc) is 2.82. The van der Waals surface area contributed by atoms with Crippen LogP contribution in [0.15, 0.2) is 4.42 Å². The molecule has 6 heteroatoms. The summed E-state index contributed by atoms with van der Waals surface area (Å²) in [5, 5.41) is 4.00. The molecule has 0 atom stereocenters. The Morgan fingerprint density at radius 3 is 2.59 bits per heavy atom. The minimum atomic E-state index is 0.311. The highest BCUT2D eigenvalue weighted by molar-refractivity contribution is 7.09. The lowest BCUT2D eigenvalue weighted by Gasteiger charge is -1.99. The maximum atomic E-state index is 5.69. The fourth-order valence-electron chi connectivity index (χ4n) is 1.39. The Balaban J connectivity index is 2.03.